The first-order valence-corrected chi connectivity index (χ1v) is 6.60. The van der Waals surface area contributed by atoms with Crippen molar-refractivity contribution < 1.29 is 0 Å². The van der Waals surface area contributed by atoms with Crippen LogP contribution in [-0.2, 0) is 6.42 Å². The van der Waals surface area contributed by atoms with E-state index in [1.165, 1.54) is 5.56 Å². The lowest BCUT2D eigenvalue weighted by Gasteiger charge is -2.10. The summed E-state index contributed by atoms with van der Waals surface area (Å²) in [6.45, 7) is 5.91. The summed E-state index contributed by atoms with van der Waals surface area (Å²) in [6.07, 6.45) is 0.969. The molecule has 5 nitrogen and oxygen atoms in total. The van der Waals surface area contributed by atoms with Gasteiger partial charge < -0.3 is 5.32 Å². The van der Waals surface area contributed by atoms with Gasteiger partial charge in [-0.2, -0.15) is 0 Å². The van der Waals surface area contributed by atoms with Crippen LogP contribution in [0.4, 0.5) is 11.6 Å². The fourth-order valence-corrected chi connectivity index (χ4v) is 1.94. The number of anilines is 2. The number of rotatable bonds is 3. The molecular formula is C15H19N5. The van der Waals surface area contributed by atoms with Crippen LogP contribution in [-0.4, -0.2) is 15.9 Å². The average molecular weight is 269 g/mol. The Kier molecular flexibility index (Phi) is 4.30. The molecule has 0 unspecified atom stereocenters. The molecule has 2 aromatic rings. The van der Waals surface area contributed by atoms with Crippen molar-refractivity contribution >= 4 is 17.6 Å². The Balaban J connectivity index is 2.04. The van der Waals surface area contributed by atoms with Crippen molar-refractivity contribution in [3.05, 3.63) is 47.3 Å². The molecule has 0 fully saturated rings. The molecule has 0 saturated carbocycles. The topological polar surface area (TPSA) is 73.7 Å². The number of nitrogens with one attached hydrogen (secondary N) is 3. The summed E-state index contributed by atoms with van der Waals surface area (Å²) in [6, 6.07) is 9.89. The molecule has 0 aliphatic heterocycles. The predicted molar refractivity (Wildman–Crippen MR) is 82.3 cm³/mol. The second-order valence-electron chi connectivity index (χ2n) is 4.65. The highest BCUT2D eigenvalue weighted by Gasteiger charge is 2.03. The number of hydrogen-bond acceptors (Lipinski definition) is 3. The lowest BCUT2D eigenvalue weighted by Crippen LogP contribution is -2.22. The van der Waals surface area contributed by atoms with E-state index in [0.29, 0.717) is 5.95 Å². The highest BCUT2D eigenvalue weighted by molar-refractivity contribution is 6.00. The molecule has 1 aromatic heterocycles. The molecule has 0 aliphatic carbocycles. The number of hydrogen-bond donors (Lipinski definition) is 3. The van der Waals surface area contributed by atoms with Crippen molar-refractivity contribution in [1.82, 2.24) is 9.97 Å². The molecule has 0 radical (unpaired) electrons. The zero-order valence-corrected chi connectivity index (χ0v) is 12.0. The molecule has 0 amide bonds. The summed E-state index contributed by atoms with van der Waals surface area (Å²) in [5.41, 5.74) is 3.86. The van der Waals surface area contributed by atoms with E-state index >= 15 is 0 Å². The highest BCUT2D eigenvalue weighted by atomic mass is 15.2. The molecule has 3 N–H and O–H groups in total. The second kappa shape index (κ2) is 6.14. The molecule has 0 aliphatic rings. The molecule has 2 rings (SSSR count). The molecule has 0 bridgehead atoms. The summed E-state index contributed by atoms with van der Waals surface area (Å²) in [5.74, 6) is 0.592. The van der Waals surface area contributed by atoms with Crippen LogP contribution >= 0.6 is 0 Å². The van der Waals surface area contributed by atoms with E-state index in [1.807, 2.05) is 38.1 Å². The second-order valence-corrected chi connectivity index (χ2v) is 4.65. The van der Waals surface area contributed by atoms with E-state index in [9.17, 15) is 0 Å². The number of aromatic nitrogens is 2. The van der Waals surface area contributed by atoms with Crippen LogP contribution < -0.4 is 10.6 Å². The summed E-state index contributed by atoms with van der Waals surface area (Å²) < 4.78 is 0. The number of guanidine groups is 1. The van der Waals surface area contributed by atoms with Crippen LogP contribution in [0.15, 0.2) is 30.3 Å². The maximum atomic E-state index is 7.93. The molecule has 104 valence electrons. The van der Waals surface area contributed by atoms with Gasteiger partial charge in [-0.25, -0.2) is 9.97 Å². The third-order valence-electron chi connectivity index (χ3n) is 2.82. The third-order valence-corrected chi connectivity index (χ3v) is 2.82. The lowest BCUT2D eigenvalue weighted by atomic mass is 10.1. The zero-order chi connectivity index (χ0) is 14.5. The van der Waals surface area contributed by atoms with E-state index in [2.05, 4.69) is 33.6 Å². The largest absolute Gasteiger partial charge is 0.326 e. The van der Waals surface area contributed by atoms with Gasteiger partial charge in [-0.3, -0.25) is 10.7 Å². The van der Waals surface area contributed by atoms with E-state index in [4.69, 9.17) is 5.41 Å². The van der Waals surface area contributed by atoms with Gasteiger partial charge in [-0.1, -0.05) is 19.1 Å². The minimum Gasteiger partial charge on any atom is -0.326 e. The first kappa shape index (κ1) is 14.0. The van der Waals surface area contributed by atoms with E-state index in [0.717, 1.165) is 23.5 Å². The van der Waals surface area contributed by atoms with E-state index < -0.39 is 0 Å². The van der Waals surface area contributed by atoms with Crippen LogP contribution in [0.1, 0.15) is 23.9 Å². The van der Waals surface area contributed by atoms with Crippen molar-refractivity contribution in [3.63, 3.8) is 0 Å². The summed E-state index contributed by atoms with van der Waals surface area (Å²) in [7, 11) is 0. The summed E-state index contributed by atoms with van der Waals surface area (Å²) in [5, 5.41) is 13.8. The summed E-state index contributed by atoms with van der Waals surface area (Å²) >= 11 is 0. The molecule has 20 heavy (non-hydrogen) atoms. The van der Waals surface area contributed by atoms with Gasteiger partial charge in [0.05, 0.1) is 0 Å². The Labute approximate surface area is 119 Å². The van der Waals surface area contributed by atoms with Gasteiger partial charge >= 0.3 is 0 Å². The van der Waals surface area contributed by atoms with Gasteiger partial charge in [0, 0.05) is 17.1 Å². The van der Waals surface area contributed by atoms with Gasteiger partial charge in [0.15, 0.2) is 5.96 Å². The van der Waals surface area contributed by atoms with Crippen LogP contribution in [0.3, 0.4) is 0 Å². The smallest absolute Gasteiger partial charge is 0.229 e. The monoisotopic (exact) mass is 269 g/mol. The standard InChI is InChI=1S/C15H19N5/c1-4-12-6-5-7-13(9-12)19-14(16)20-15-17-10(2)8-11(3)18-15/h5-9H,4H2,1-3H3,(H3,16,17,18,19,20). The molecule has 0 atom stereocenters. The van der Waals surface area contributed by atoms with Crippen molar-refractivity contribution in [2.24, 2.45) is 0 Å². The van der Waals surface area contributed by atoms with E-state index in [-0.39, 0.29) is 5.96 Å². The average Bonchev–Trinajstić information content (AvgIpc) is 2.37. The molecule has 1 heterocycles. The first-order valence-electron chi connectivity index (χ1n) is 6.60. The van der Waals surface area contributed by atoms with Crippen molar-refractivity contribution in [3.8, 4) is 0 Å². The minimum absolute atomic E-state index is 0.156. The lowest BCUT2D eigenvalue weighted by molar-refractivity contribution is 1.06. The third kappa shape index (κ3) is 3.78. The Morgan fingerprint density at radius 2 is 1.80 bits per heavy atom. The molecular weight excluding hydrogens is 250 g/mol. The van der Waals surface area contributed by atoms with Gasteiger partial charge in [-0.05, 0) is 44.0 Å². The highest BCUT2D eigenvalue weighted by Crippen LogP contribution is 2.11. The van der Waals surface area contributed by atoms with Crippen molar-refractivity contribution in [2.75, 3.05) is 10.6 Å². The predicted octanol–water partition coefficient (Wildman–Crippen LogP) is 3.11. The first-order chi connectivity index (χ1) is 9.56. The van der Waals surface area contributed by atoms with Crippen LogP contribution in [0.25, 0.3) is 0 Å². The van der Waals surface area contributed by atoms with Crippen molar-refractivity contribution in [1.29, 1.82) is 5.41 Å². The number of aryl methyl sites for hydroxylation is 3. The Morgan fingerprint density at radius 1 is 1.10 bits per heavy atom. The van der Waals surface area contributed by atoms with Crippen molar-refractivity contribution in [2.45, 2.75) is 27.2 Å². The van der Waals surface area contributed by atoms with Crippen LogP contribution in [0.2, 0.25) is 0 Å². The fraction of sp³-hybridized carbons (Fsp3) is 0.267. The molecule has 0 saturated heterocycles. The Morgan fingerprint density at radius 3 is 2.45 bits per heavy atom. The zero-order valence-electron chi connectivity index (χ0n) is 12.0. The SMILES string of the molecule is CCc1cccc(NC(=N)Nc2nc(C)cc(C)n2)c1. The maximum Gasteiger partial charge on any atom is 0.229 e. The van der Waals surface area contributed by atoms with E-state index in [1.54, 1.807) is 0 Å². The normalized spacial score (nSPS) is 10.2. The van der Waals surface area contributed by atoms with Gasteiger partial charge in [0.25, 0.3) is 0 Å². The van der Waals surface area contributed by atoms with Crippen LogP contribution in [0, 0.1) is 19.3 Å². The number of benzene rings is 1. The van der Waals surface area contributed by atoms with Gasteiger partial charge in [-0.15, -0.1) is 0 Å². The Hall–Kier alpha value is -2.43. The van der Waals surface area contributed by atoms with Crippen LogP contribution in [0.5, 0.6) is 0 Å². The summed E-state index contributed by atoms with van der Waals surface area (Å²) in [4.78, 5) is 8.49. The van der Waals surface area contributed by atoms with Gasteiger partial charge in [0.1, 0.15) is 0 Å². The molecule has 0 spiro atoms. The number of nitrogens with zero attached hydrogens (tertiary/aromatic N) is 2. The Bertz CT molecular complexity index is 601. The van der Waals surface area contributed by atoms with Gasteiger partial charge in [0.2, 0.25) is 5.95 Å². The quantitative estimate of drug-likeness (QED) is 0.591. The maximum absolute atomic E-state index is 7.93. The fourth-order valence-electron chi connectivity index (χ4n) is 1.94. The molecule has 1 aromatic carbocycles. The molecule has 5 heteroatoms. The minimum atomic E-state index is 0.156.